The molecule has 4 rings (SSSR count). The van der Waals surface area contributed by atoms with Gasteiger partial charge in [-0.05, 0) is 41.0 Å². The fraction of sp³-hybridized carbons (Fsp3) is 0.0769. The van der Waals surface area contributed by atoms with Crippen LogP contribution < -0.4 is 9.47 Å². The van der Waals surface area contributed by atoms with Gasteiger partial charge in [0.2, 0.25) is 0 Å². The summed E-state index contributed by atoms with van der Waals surface area (Å²) in [5.74, 6) is -1.30. The first-order chi connectivity index (χ1) is 16.6. The van der Waals surface area contributed by atoms with Crippen molar-refractivity contribution in [2.24, 2.45) is 0 Å². The Hall–Kier alpha value is -4.04. The molecular formula is C26H17ClF3NO4. The quantitative estimate of drug-likeness (QED) is 0.239. The largest absolute Gasteiger partial charge is 0.618 e. The third-order valence-corrected chi connectivity index (χ3v) is 5.58. The summed E-state index contributed by atoms with van der Waals surface area (Å²) in [6, 6.07) is 19.6. The van der Waals surface area contributed by atoms with E-state index in [2.05, 4.69) is 0 Å². The number of hydrogen-bond acceptors (Lipinski definition) is 3. The van der Waals surface area contributed by atoms with E-state index in [1.165, 1.54) is 24.3 Å². The summed E-state index contributed by atoms with van der Waals surface area (Å²) in [6.07, 6.45) is -3.46. The van der Waals surface area contributed by atoms with E-state index in [4.69, 9.17) is 21.4 Å². The van der Waals surface area contributed by atoms with Crippen molar-refractivity contribution in [1.82, 2.24) is 0 Å². The van der Waals surface area contributed by atoms with Crippen LogP contribution in [0.15, 0.2) is 85.1 Å². The van der Waals surface area contributed by atoms with Gasteiger partial charge in [-0.1, -0.05) is 60.1 Å². The van der Waals surface area contributed by atoms with Gasteiger partial charge in [-0.3, -0.25) is 0 Å². The van der Waals surface area contributed by atoms with Crippen molar-refractivity contribution in [2.45, 2.75) is 12.8 Å². The van der Waals surface area contributed by atoms with E-state index >= 15 is 0 Å². The van der Waals surface area contributed by atoms with E-state index in [0.29, 0.717) is 22.3 Å². The Labute approximate surface area is 203 Å². The number of carbonyl (C=O) groups is 1. The Morgan fingerprint density at radius 3 is 2.29 bits per heavy atom. The second-order valence-electron chi connectivity index (χ2n) is 7.61. The summed E-state index contributed by atoms with van der Waals surface area (Å²) in [7, 11) is 0. The lowest BCUT2D eigenvalue weighted by molar-refractivity contribution is -0.607. The lowest BCUT2D eigenvalue weighted by Gasteiger charge is -2.15. The summed E-state index contributed by atoms with van der Waals surface area (Å²) in [6.45, 7) is -0.0402. The van der Waals surface area contributed by atoms with E-state index < -0.39 is 23.4 Å². The Balaban J connectivity index is 1.55. The maximum Gasteiger partial charge on any atom is 0.417 e. The van der Waals surface area contributed by atoms with Crippen LogP contribution in [0.2, 0.25) is 5.02 Å². The van der Waals surface area contributed by atoms with Crippen LogP contribution in [0, 0.1) is 5.21 Å². The fourth-order valence-electron chi connectivity index (χ4n) is 3.57. The molecule has 0 unspecified atom stereocenters. The number of pyridine rings is 1. The zero-order valence-electron chi connectivity index (χ0n) is 17.9. The Bertz CT molecular complexity index is 1390. The number of alkyl halides is 3. The molecule has 0 aliphatic heterocycles. The SMILES string of the molecule is O=C(O)c1ccc(-c2ccc(COc3ccc(-c4ccccc4)c(C(F)(F)F)c3)cc2Cl)c[n+]1[O-]. The molecule has 0 saturated heterocycles. The average molecular weight is 500 g/mol. The molecule has 0 atom stereocenters. The number of halogens is 4. The summed E-state index contributed by atoms with van der Waals surface area (Å²) >= 11 is 6.34. The topological polar surface area (TPSA) is 73.5 Å². The molecular weight excluding hydrogens is 483 g/mol. The number of aromatic nitrogens is 1. The average Bonchev–Trinajstić information content (AvgIpc) is 2.82. The number of hydrogen-bond donors (Lipinski definition) is 1. The molecule has 0 radical (unpaired) electrons. The highest BCUT2D eigenvalue weighted by Crippen LogP contribution is 2.39. The highest BCUT2D eigenvalue weighted by Gasteiger charge is 2.34. The van der Waals surface area contributed by atoms with Crippen LogP contribution in [-0.2, 0) is 12.8 Å². The summed E-state index contributed by atoms with van der Waals surface area (Å²) in [5, 5.41) is 21.1. The molecule has 3 aromatic carbocycles. The third-order valence-electron chi connectivity index (χ3n) is 5.26. The van der Waals surface area contributed by atoms with Gasteiger partial charge in [0.25, 0.3) is 0 Å². The molecule has 1 aromatic heterocycles. The van der Waals surface area contributed by atoms with Crippen LogP contribution in [0.3, 0.4) is 0 Å². The number of benzene rings is 3. The molecule has 1 heterocycles. The van der Waals surface area contributed by atoms with E-state index in [9.17, 15) is 23.2 Å². The van der Waals surface area contributed by atoms with Crippen LogP contribution in [0.5, 0.6) is 5.75 Å². The van der Waals surface area contributed by atoms with Gasteiger partial charge in [-0.2, -0.15) is 17.9 Å². The summed E-state index contributed by atoms with van der Waals surface area (Å²) in [5.41, 5.74) is 0.775. The maximum absolute atomic E-state index is 13.7. The number of ether oxygens (including phenoxy) is 1. The van der Waals surface area contributed by atoms with Crippen molar-refractivity contribution in [3.63, 3.8) is 0 Å². The highest BCUT2D eigenvalue weighted by atomic mass is 35.5. The lowest BCUT2D eigenvalue weighted by atomic mass is 9.99. The van der Waals surface area contributed by atoms with Crippen LogP contribution in [-0.4, -0.2) is 11.1 Å². The van der Waals surface area contributed by atoms with Gasteiger partial charge in [0.15, 0.2) is 6.20 Å². The fourth-order valence-corrected chi connectivity index (χ4v) is 3.88. The van der Waals surface area contributed by atoms with Gasteiger partial charge < -0.3 is 15.1 Å². The van der Waals surface area contributed by atoms with Gasteiger partial charge >= 0.3 is 17.8 Å². The molecule has 4 aromatic rings. The van der Waals surface area contributed by atoms with E-state index in [0.717, 1.165) is 12.3 Å². The predicted molar refractivity (Wildman–Crippen MR) is 124 cm³/mol. The van der Waals surface area contributed by atoms with Crippen LogP contribution >= 0.6 is 11.6 Å². The summed E-state index contributed by atoms with van der Waals surface area (Å²) in [4.78, 5) is 11.0. The minimum atomic E-state index is -4.57. The van der Waals surface area contributed by atoms with Gasteiger partial charge in [0.1, 0.15) is 12.4 Å². The van der Waals surface area contributed by atoms with Gasteiger partial charge in [-0.15, -0.1) is 0 Å². The van der Waals surface area contributed by atoms with Crippen LogP contribution in [0.4, 0.5) is 13.2 Å². The van der Waals surface area contributed by atoms with Crippen molar-refractivity contribution in [2.75, 3.05) is 0 Å². The van der Waals surface area contributed by atoms with Crippen molar-refractivity contribution in [3.8, 4) is 28.0 Å². The zero-order chi connectivity index (χ0) is 25.2. The first-order valence-electron chi connectivity index (χ1n) is 10.3. The van der Waals surface area contributed by atoms with E-state index in [1.54, 1.807) is 48.5 Å². The minimum Gasteiger partial charge on any atom is -0.618 e. The molecule has 178 valence electrons. The van der Waals surface area contributed by atoms with Crippen molar-refractivity contribution in [3.05, 3.63) is 112 Å². The molecule has 0 spiro atoms. The lowest BCUT2D eigenvalue weighted by Crippen LogP contribution is -2.34. The highest BCUT2D eigenvalue weighted by molar-refractivity contribution is 6.33. The molecule has 0 amide bonds. The van der Waals surface area contributed by atoms with Gasteiger partial charge in [0, 0.05) is 22.2 Å². The smallest absolute Gasteiger partial charge is 0.417 e. The zero-order valence-corrected chi connectivity index (χ0v) is 18.7. The number of carboxylic acid groups (broad SMARTS) is 1. The Morgan fingerprint density at radius 1 is 0.943 bits per heavy atom. The first-order valence-corrected chi connectivity index (χ1v) is 10.7. The summed E-state index contributed by atoms with van der Waals surface area (Å²) < 4.78 is 47.0. The molecule has 9 heteroatoms. The molecule has 0 aliphatic rings. The van der Waals surface area contributed by atoms with Crippen molar-refractivity contribution >= 4 is 17.6 Å². The standard InChI is InChI=1S/C26H17ClF3NO4/c27-23-12-16(6-9-21(23)18-7-11-24(25(32)33)31(34)14-18)15-35-19-8-10-20(17-4-2-1-3-5-17)22(13-19)26(28,29)30/h1-14H,15H2,(H,32,33). The molecule has 35 heavy (non-hydrogen) atoms. The van der Waals surface area contributed by atoms with Crippen molar-refractivity contribution < 1.29 is 32.5 Å². The molecule has 0 aliphatic carbocycles. The molecule has 0 bridgehead atoms. The molecule has 0 saturated carbocycles. The second-order valence-corrected chi connectivity index (χ2v) is 8.02. The monoisotopic (exact) mass is 499 g/mol. The van der Waals surface area contributed by atoms with E-state index in [1.807, 2.05) is 0 Å². The normalized spacial score (nSPS) is 11.3. The van der Waals surface area contributed by atoms with Gasteiger partial charge in [-0.25, -0.2) is 4.79 Å². The van der Waals surface area contributed by atoms with Crippen molar-refractivity contribution in [1.29, 1.82) is 0 Å². The Kier molecular flexibility index (Phi) is 6.66. The number of carboxylic acids is 1. The maximum atomic E-state index is 13.7. The number of nitrogens with zero attached hydrogens (tertiary/aromatic N) is 1. The molecule has 0 fully saturated rings. The third kappa shape index (κ3) is 5.38. The molecule has 5 nitrogen and oxygen atoms in total. The second kappa shape index (κ2) is 9.68. The number of aromatic carboxylic acids is 1. The van der Waals surface area contributed by atoms with Crippen LogP contribution in [0.1, 0.15) is 21.6 Å². The number of rotatable bonds is 6. The Morgan fingerprint density at radius 2 is 1.66 bits per heavy atom. The minimum absolute atomic E-state index is 0.0402. The first kappa shape index (κ1) is 24.1. The van der Waals surface area contributed by atoms with Crippen LogP contribution in [0.25, 0.3) is 22.3 Å². The van der Waals surface area contributed by atoms with E-state index in [-0.39, 0.29) is 27.7 Å². The van der Waals surface area contributed by atoms with Gasteiger partial charge in [0.05, 0.1) is 5.56 Å². The predicted octanol–water partition coefficient (Wildman–Crippen LogP) is 6.60. The molecule has 1 N–H and O–H groups in total.